The first-order valence-electron chi connectivity index (χ1n) is 6.81. The maximum Gasteiger partial charge on any atom is 0.336 e. The zero-order chi connectivity index (χ0) is 14.0. The van der Waals surface area contributed by atoms with Gasteiger partial charge in [0.25, 0.3) is 0 Å². The van der Waals surface area contributed by atoms with E-state index in [1.54, 1.807) is 6.92 Å². The van der Waals surface area contributed by atoms with Crippen molar-refractivity contribution < 1.29 is 19.7 Å². The molecule has 2 fully saturated rings. The van der Waals surface area contributed by atoms with Gasteiger partial charge >= 0.3 is 5.97 Å². The van der Waals surface area contributed by atoms with Gasteiger partial charge in [-0.05, 0) is 31.6 Å². The quantitative estimate of drug-likeness (QED) is 0.516. The van der Waals surface area contributed by atoms with Crippen LogP contribution in [0.4, 0.5) is 0 Å². The lowest BCUT2D eigenvalue weighted by Gasteiger charge is -2.52. The SMILES string of the molecule is C=C1CCCC2(C)CC3(O)OC(=O)C(C)=C3C(O)C12. The molecule has 4 atom stereocenters. The van der Waals surface area contributed by atoms with E-state index in [1.165, 1.54) is 0 Å². The predicted octanol–water partition coefficient (Wildman–Crippen LogP) is 1.68. The van der Waals surface area contributed by atoms with Crippen molar-refractivity contribution in [1.29, 1.82) is 0 Å². The average molecular weight is 264 g/mol. The fraction of sp³-hybridized carbons (Fsp3) is 0.667. The number of aliphatic hydroxyl groups excluding tert-OH is 1. The van der Waals surface area contributed by atoms with E-state index in [0.29, 0.717) is 17.6 Å². The van der Waals surface area contributed by atoms with Crippen LogP contribution < -0.4 is 0 Å². The van der Waals surface area contributed by atoms with Crippen molar-refractivity contribution in [2.75, 3.05) is 0 Å². The lowest BCUT2D eigenvalue weighted by molar-refractivity contribution is -0.213. The second-order valence-corrected chi connectivity index (χ2v) is 6.48. The van der Waals surface area contributed by atoms with Gasteiger partial charge in [0, 0.05) is 23.5 Å². The molecule has 2 N–H and O–H groups in total. The van der Waals surface area contributed by atoms with Gasteiger partial charge in [0.2, 0.25) is 5.79 Å². The van der Waals surface area contributed by atoms with Gasteiger partial charge in [-0.1, -0.05) is 19.1 Å². The van der Waals surface area contributed by atoms with Crippen LogP contribution in [-0.2, 0) is 9.53 Å². The van der Waals surface area contributed by atoms with Gasteiger partial charge in [0.1, 0.15) is 0 Å². The number of carbonyl (C=O) groups excluding carboxylic acids is 1. The third-order valence-electron chi connectivity index (χ3n) is 5.08. The molecule has 0 aromatic heterocycles. The molecule has 3 aliphatic rings. The largest absolute Gasteiger partial charge is 0.426 e. The van der Waals surface area contributed by atoms with Crippen LogP contribution in [-0.4, -0.2) is 28.1 Å². The maximum atomic E-state index is 11.7. The van der Waals surface area contributed by atoms with Crippen LogP contribution in [0.1, 0.15) is 39.5 Å². The molecule has 3 rings (SSSR count). The highest BCUT2D eigenvalue weighted by molar-refractivity contribution is 5.92. The third kappa shape index (κ3) is 1.56. The Morgan fingerprint density at radius 3 is 2.84 bits per heavy atom. The minimum absolute atomic E-state index is 0.0963. The van der Waals surface area contributed by atoms with Crippen molar-refractivity contribution in [2.24, 2.45) is 11.3 Å². The lowest BCUT2D eigenvalue weighted by Crippen LogP contribution is -2.55. The van der Waals surface area contributed by atoms with E-state index >= 15 is 0 Å². The number of fused-ring (bicyclic) bond motifs is 2. The summed E-state index contributed by atoms with van der Waals surface area (Å²) >= 11 is 0. The van der Waals surface area contributed by atoms with Gasteiger partial charge in [0.15, 0.2) is 0 Å². The molecular weight excluding hydrogens is 244 g/mol. The summed E-state index contributed by atoms with van der Waals surface area (Å²) in [4.78, 5) is 11.7. The normalized spacial score (nSPS) is 45.9. The van der Waals surface area contributed by atoms with Gasteiger partial charge in [-0.15, -0.1) is 0 Å². The summed E-state index contributed by atoms with van der Waals surface area (Å²) in [7, 11) is 0. The summed E-state index contributed by atoms with van der Waals surface area (Å²) in [5, 5.41) is 21.3. The molecule has 0 aromatic rings. The van der Waals surface area contributed by atoms with Crippen LogP contribution in [0.15, 0.2) is 23.3 Å². The molecule has 2 saturated carbocycles. The lowest BCUT2D eigenvalue weighted by atomic mass is 9.55. The Kier molecular flexibility index (Phi) is 2.51. The number of carbonyl (C=O) groups is 1. The standard InChI is InChI=1S/C15H20O4/c1-8-5-4-6-14(3)7-15(18)11(12(16)10(8)14)9(2)13(17)19-15/h10,12,16,18H,1,4-7H2,2-3H3. The number of esters is 1. The minimum atomic E-state index is -1.62. The van der Waals surface area contributed by atoms with Crippen molar-refractivity contribution in [3.8, 4) is 0 Å². The summed E-state index contributed by atoms with van der Waals surface area (Å²) < 4.78 is 5.14. The van der Waals surface area contributed by atoms with Crippen LogP contribution in [0.2, 0.25) is 0 Å². The topological polar surface area (TPSA) is 66.8 Å². The summed E-state index contributed by atoms with van der Waals surface area (Å²) in [5.74, 6) is -2.24. The zero-order valence-electron chi connectivity index (χ0n) is 11.4. The van der Waals surface area contributed by atoms with Crippen LogP contribution >= 0.6 is 0 Å². The molecule has 0 amide bonds. The van der Waals surface area contributed by atoms with E-state index in [4.69, 9.17) is 4.74 Å². The molecule has 1 aliphatic heterocycles. The molecular formula is C15H20O4. The highest BCUT2D eigenvalue weighted by atomic mass is 16.7. The zero-order valence-corrected chi connectivity index (χ0v) is 11.4. The fourth-order valence-electron chi connectivity index (χ4n) is 4.31. The Morgan fingerprint density at radius 1 is 1.47 bits per heavy atom. The van der Waals surface area contributed by atoms with Crippen molar-refractivity contribution in [3.05, 3.63) is 23.3 Å². The first kappa shape index (κ1) is 12.9. The Labute approximate surface area is 112 Å². The fourth-order valence-corrected chi connectivity index (χ4v) is 4.31. The second-order valence-electron chi connectivity index (χ2n) is 6.48. The Balaban J connectivity index is 2.12. The molecule has 0 saturated heterocycles. The molecule has 0 bridgehead atoms. The van der Waals surface area contributed by atoms with E-state index in [2.05, 4.69) is 6.58 Å². The van der Waals surface area contributed by atoms with Crippen LogP contribution in [0.25, 0.3) is 0 Å². The maximum absolute atomic E-state index is 11.7. The number of aliphatic hydroxyl groups is 2. The van der Waals surface area contributed by atoms with Crippen LogP contribution in [0.3, 0.4) is 0 Å². The number of rotatable bonds is 0. The third-order valence-corrected chi connectivity index (χ3v) is 5.08. The van der Waals surface area contributed by atoms with Crippen LogP contribution in [0.5, 0.6) is 0 Å². The van der Waals surface area contributed by atoms with Gasteiger partial charge in [-0.2, -0.15) is 0 Å². The van der Waals surface area contributed by atoms with E-state index in [1.807, 2.05) is 6.92 Å². The second kappa shape index (κ2) is 3.70. The van der Waals surface area contributed by atoms with Gasteiger partial charge < -0.3 is 14.9 Å². The molecule has 19 heavy (non-hydrogen) atoms. The molecule has 0 spiro atoms. The van der Waals surface area contributed by atoms with Gasteiger partial charge in [-0.3, -0.25) is 0 Å². The minimum Gasteiger partial charge on any atom is -0.426 e. The summed E-state index contributed by atoms with van der Waals surface area (Å²) in [6, 6.07) is 0. The molecule has 0 aromatic carbocycles. The summed E-state index contributed by atoms with van der Waals surface area (Å²) in [6.07, 6.45) is 2.28. The molecule has 4 heteroatoms. The molecule has 104 valence electrons. The molecule has 0 radical (unpaired) electrons. The molecule has 2 aliphatic carbocycles. The van der Waals surface area contributed by atoms with E-state index < -0.39 is 17.9 Å². The van der Waals surface area contributed by atoms with Crippen LogP contribution in [0, 0.1) is 11.3 Å². The highest BCUT2D eigenvalue weighted by Gasteiger charge is 2.61. The Morgan fingerprint density at radius 2 is 2.16 bits per heavy atom. The average Bonchev–Trinajstić information content (AvgIpc) is 2.47. The molecule has 1 heterocycles. The predicted molar refractivity (Wildman–Crippen MR) is 69.0 cm³/mol. The first-order chi connectivity index (χ1) is 8.78. The van der Waals surface area contributed by atoms with Gasteiger partial charge in [0.05, 0.1) is 6.10 Å². The number of ether oxygens (including phenoxy) is 1. The highest BCUT2D eigenvalue weighted by Crippen LogP contribution is 2.58. The van der Waals surface area contributed by atoms with Crippen molar-refractivity contribution >= 4 is 5.97 Å². The Hall–Kier alpha value is -1.13. The molecule has 4 unspecified atom stereocenters. The van der Waals surface area contributed by atoms with Crippen molar-refractivity contribution in [1.82, 2.24) is 0 Å². The number of hydrogen-bond acceptors (Lipinski definition) is 4. The van der Waals surface area contributed by atoms with Gasteiger partial charge in [-0.25, -0.2) is 4.79 Å². The number of hydrogen-bond donors (Lipinski definition) is 2. The summed E-state index contributed by atoms with van der Waals surface area (Å²) in [5.41, 5.74) is 1.44. The molecule has 4 nitrogen and oxygen atoms in total. The van der Waals surface area contributed by atoms with Crippen molar-refractivity contribution in [2.45, 2.75) is 51.4 Å². The smallest absolute Gasteiger partial charge is 0.336 e. The van der Waals surface area contributed by atoms with E-state index in [9.17, 15) is 15.0 Å². The monoisotopic (exact) mass is 264 g/mol. The van der Waals surface area contributed by atoms with E-state index in [0.717, 1.165) is 24.8 Å². The van der Waals surface area contributed by atoms with E-state index in [-0.39, 0.29) is 11.3 Å². The first-order valence-corrected chi connectivity index (χ1v) is 6.81. The van der Waals surface area contributed by atoms with Crippen molar-refractivity contribution in [3.63, 3.8) is 0 Å². The Bertz CT molecular complexity index is 506. The summed E-state index contributed by atoms with van der Waals surface area (Å²) in [6.45, 7) is 7.73.